The standard InChI is InChI=1S/C14H13NO2/c16-14(17)10-9-12-7-4-8-13(15-12)11-5-2-1-3-6-11/h1-8H,9-10H2,(H,16,17). The highest BCUT2D eigenvalue weighted by Crippen LogP contribution is 2.16. The maximum Gasteiger partial charge on any atom is 0.303 e. The molecule has 0 radical (unpaired) electrons. The maximum atomic E-state index is 10.5. The number of aryl methyl sites for hydroxylation is 1. The monoisotopic (exact) mass is 227 g/mol. The van der Waals surface area contributed by atoms with E-state index in [9.17, 15) is 4.79 Å². The molecule has 0 aliphatic heterocycles. The fraction of sp³-hybridized carbons (Fsp3) is 0.143. The van der Waals surface area contributed by atoms with E-state index in [4.69, 9.17) is 5.11 Å². The van der Waals surface area contributed by atoms with Crippen molar-refractivity contribution < 1.29 is 9.90 Å². The highest BCUT2D eigenvalue weighted by molar-refractivity contribution is 5.67. The first-order valence-electron chi connectivity index (χ1n) is 5.49. The van der Waals surface area contributed by atoms with Crippen molar-refractivity contribution in [1.82, 2.24) is 4.98 Å². The lowest BCUT2D eigenvalue weighted by Gasteiger charge is -2.03. The molecule has 0 bridgehead atoms. The lowest BCUT2D eigenvalue weighted by atomic mass is 10.1. The molecule has 0 aliphatic rings. The van der Waals surface area contributed by atoms with Crippen molar-refractivity contribution in [1.29, 1.82) is 0 Å². The van der Waals surface area contributed by atoms with Crippen LogP contribution in [0.15, 0.2) is 48.5 Å². The third kappa shape index (κ3) is 3.14. The number of aromatic nitrogens is 1. The van der Waals surface area contributed by atoms with Crippen LogP contribution in [0.4, 0.5) is 0 Å². The molecule has 1 N–H and O–H groups in total. The number of nitrogens with zero attached hydrogens (tertiary/aromatic N) is 1. The van der Waals surface area contributed by atoms with Gasteiger partial charge in [0.2, 0.25) is 0 Å². The lowest BCUT2D eigenvalue weighted by Crippen LogP contribution is -1.99. The average molecular weight is 227 g/mol. The van der Waals surface area contributed by atoms with Gasteiger partial charge >= 0.3 is 5.97 Å². The molecular formula is C14H13NO2. The summed E-state index contributed by atoms with van der Waals surface area (Å²) in [7, 11) is 0. The third-order valence-electron chi connectivity index (χ3n) is 2.47. The van der Waals surface area contributed by atoms with Crippen LogP contribution >= 0.6 is 0 Å². The summed E-state index contributed by atoms with van der Waals surface area (Å²) in [5, 5.41) is 8.63. The lowest BCUT2D eigenvalue weighted by molar-refractivity contribution is -0.136. The Morgan fingerprint density at radius 1 is 1.06 bits per heavy atom. The number of benzene rings is 1. The van der Waals surface area contributed by atoms with Gasteiger partial charge in [-0.3, -0.25) is 9.78 Å². The number of carbonyl (C=O) groups is 1. The van der Waals surface area contributed by atoms with Crippen LogP contribution < -0.4 is 0 Å². The summed E-state index contributed by atoms with van der Waals surface area (Å²) in [5.74, 6) is -0.795. The van der Waals surface area contributed by atoms with E-state index in [2.05, 4.69) is 4.98 Å². The van der Waals surface area contributed by atoms with Crippen molar-refractivity contribution in [3.63, 3.8) is 0 Å². The summed E-state index contributed by atoms with van der Waals surface area (Å²) in [6, 6.07) is 15.5. The van der Waals surface area contributed by atoms with Crippen LogP contribution in [0.25, 0.3) is 11.3 Å². The Kier molecular flexibility index (Phi) is 3.50. The summed E-state index contributed by atoms with van der Waals surface area (Å²) < 4.78 is 0. The van der Waals surface area contributed by atoms with E-state index >= 15 is 0 Å². The Hall–Kier alpha value is -2.16. The minimum Gasteiger partial charge on any atom is -0.481 e. The van der Waals surface area contributed by atoms with Gasteiger partial charge in [-0.2, -0.15) is 0 Å². The second kappa shape index (κ2) is 5.25. The number of rotatable bonds is 4. The third-order valence-corrected chi connectivity index (χ3v) is 2.47. The molecule has 17 heavy (non-hydrogen) atoms. The molecule has 1 aromatic carbocycles. The van der Waals surface area contributed by atoms with Crippen LogP contribution in [0, 0.1) is 0 Å². The van der Waals surface area contributed by atoms with Gasteiger partial charge in [-0.05, 0) is 12.1 Å². The zero-order valence-corrected chi connectivity index (χ0v) is 9.34. The fourth-order valence-electron chi connectivity index (χ4n) is 1.62. The topological polar surface area (TPSA) is 50.2 Å². The number of pyridine rings is 1. The molecule has 0 atom stereocenters. The van der Waals surface area contributed by atoms with Gasteiger partial charge < -0.3 is 5.11 Å². The molecule has 0 amide bonds. The van der Waals surface area contributed by atoms with E-state index in [-0.39, 0.29) is 6.42 Å². The van der Waals surface area contributed by atoms with Gasteiger partial charge in [-0.15, -0.1) is 0 Å². The number of hydrogen-bond acceptors (Lipinski definition) is 2. The zero-order valence-electron chi connectivity index (χ0n) is 9.34. The van der Waals surface area contributed by atoms with E-state index in [1.807, 2.05) is 48.5 Å². The highest BCUT2D eigenvalue weighted by Gasteiger charge is 2.02. The molecule has 2 rings (SSSR count). The van der Waals surface area contributed by atoms with Crippen LogP contribution in [-0.4, -0.2) is 16.1 Å². The van der Waals surface area contributed by atoms with Gasteiger partial charge in [0.15, 0.2) is 0 Å². The Morgan fingerprint density at radius 3 is 2.53 bits per heavy atom. The molecule has 3 nitrogen and oxygen atoms in total. The van der Waals surface area contributed by atoms with Gasteiger partial charge in [0.25, 0.3) is 0 Å². The van der Waals surface area contributed by atoms with Crippen LogP contribution in [0.5, 0.6) is 0 Å². The minimum absolute atomic E-state index is 0.116. The molecule has 0 aliphatic carbocycles. The Labute approximate surface area is 99.8 Å². The summed E-state index contributed by atoms with van der Waals surface area (Å²) in [4.78, 5) is 15.0. The van der Waals surface area contributed by atoms with Crippen molar-refractivity contribution in [3.05, 3.63) is 54.2 Å². The summed E-state index contributed by atoms with van der Waals surface area (Å²) in [5.41, 5.74) is 2.74. The minimum atomic E-state index is -0.795. The van der Waals surface area contributed by atoms with Crippen molar-refractivity contribution in [2.75, 3.05) is 0 Å². The van der Waals surface area contributed by atoms with Gasteiger partial charge in [-0.1, -0.05) is 36.4 Å². The SMILES string of the molecule is O=C(O)CCc1cccc(-c2ccccc2)n1. The molecule has 2 aromatic rings. The maximum absolute atomic E-state index is 10.5. The second-order valence-corrected chi connectivity index (χ2v) is 3.77. The molecule has 0 fully saturated rings. The predicted molar refractivity (Wildman–Crippen MR) is 65.6 cm³/mol. The van der Waals surface area contributed by atoms with E-state index < -0.39 is 5.97 Å². The summed E-state index contributed by atoms with van der Waals surface area (Å²) in [6.45, 7) is 0. The van der Waals surface area contributed by atoms with Crippen LogP contribution in [-0.2, 0) is 11.2 Å². The van der Waals surface area contributed by atoms with Crippen molar-refractivity contribution in [2.24, 2.45) is 0 Å². The zero-order chi connectivity index (χ0) is 12.1. The summed E-state index contributed by atoms with van der Waals surface area (Å²) >= 11 is 0. The summed E-state index contributed by atoms with van der Waals surface area (Å²) in [6.07, 6.45) is 0.585. The first kappa shape index (κ1) is 11.3. The Morgan fingerprint density at radius 2 is 1.82 bits per heavy atom. The highest BCUT2D eigenvalue weighted by atomic mass is 16.4. The predicted octanol–water partition coefficient (Wildman–Crippen LogP) is 2.77. The number of aliphatic carboxylic acids is 1. The molecule has 1 aromatic heterocycles. The molecule has 3 heteroatoms. The first-order valence-corrected chi connectivity index (χ1v) is 5.49. The normalized spacial score (nSPS) is 10.1. The van der Waals surface area contributed by atoms with E-state index in [0.29, 0.717) is 6.42 Å². The Balaban J connectivity index is 2.20. The average Bonchev–Trinajstić information content (AvgIpc) is 2.38. The first-order chi connectivity index (χ1) is 8.25. The van der Waals surface area contributed by atoms with Crippen molar-refractivity contribution >= 4 is 5.97 Å². The van der Waals surface area contributed by atoms with Gasteiger partial charge in [-0.25, -0.2) is 0 Å². The molecule has 0 spiro atoms. The van der Waals surface area contributed by atoms with Gasteiger partial charge in [0.1, 0.15) is 0 Å². The number of carboxylic acids is 1. The molecule has 86 valence electrons. The molecule has 1 heterocycles. The molecule has 0 unspecified atom stereocenters. The van der Waals surface area contributed by atoms with Crippen LogP contribution in [0.3, 0.4) is 0 Å². The van der Waals surface area contributed by atoms with E-state index in [1.165, 1.54) is 0 Å². The van der Waals surface area contributed by atoms with Gasteiger partial charge in [0.05, 0.1) is 12.1 Å². The largest absolute Gasteiger partial charge is 0.481 e. The van der Waals surface area contributed by atoms with Crippen molar-refractivity contribution in [2.45, 2.75) is 12.8 Å². The van der Waals surface area contributed by atoms with Crippen LogP contribution in [0.1, 0.15) is 12.1 Å². The van der Waals surface area contributed by atoms with E-state index in [0.717, 1.165) is 17.0 Å². The number of carboxylic acid groups (broad SMARTS) is 1. The quantitative estimate of drug-likeness (QED) is 0.873. The van der Waals surface area contributed by atoms with Crippen molar-refractivity contribution in [3.8, 4) is 11.3 Å². The Bertz CT molecular complexity index is 509. The molecular weight excluding hydrogens is 214 g/mol. The second-order valence-electron chi connectivity index (χ2n) is 3.77. The van der Waals surface area contributed by atoms with Gasteiger partial charge in [0, 0.05) is 17.7 Å². The number of hydrogen-bond donors (Lipinski definition) is 1. The van der Waals surface area contributed by atoms with E-state index in [1.54, 1.807) is 0 Å². The smallest absolute Gasteiger partial charge is 0.303 e. The van der Waals surface area contributed by atoms with Crippen LogP contribution in [0.2, 0.25) is 0 Å². The fourth-order valence-corrected chi connectivity index (χ4v) is 1.62. The molecule has 0 saturated heterocycles. The molecule has 0 saturated carbocycles.